The maximum Gasteiger partial charge on any atom is 0.227 e. The maximum absolute atomic E-state index is 13.3. The Kier molecular flexibility index (Phi) is 4.51. The quantitative estimate of drug-likeness (QED) is 0.632. The summed E-state index contributed by atoms with van der Waals surface area (Å²) in [6.07, 6.45) is 1.86. The molecule has 0 bridgehead atoms. The molecule has 9 heteroatoms. The van der Waals surface area contributed by atoms with Crippen LogP contribution in [0.5, 0.6) is 0 Å². The maximum atomic E-state index is 13.3. The standard InChI is InChI=1S/C17H18FN6OP/c18-13-2-1-12(9-14(13)26)10-17(25)23-7-5-22(6-8-23)16-4-3-15-20-19-11-24(15)21-16/h1-4,9,11H,5-8,10,26H2. The monoisotopic (exact) mass is 372 g/mol. The van der Waals surface area contributed by atoms with Crippen LogP contribution in [0.1, 0.15) is 5.56 Å². The molecule has 1 atom stereocenters. The molecule has 1 fully saturated rings. The van der Waals surface area contributed by atoms with Gasteiger partial charge in [0.1, 0.15) is 18.0 Å². The van der Waals surface area contributed by atoms with E-state index in [9.17, 15) is 9.18 Å². The highest BCUT2D eigenvalue weighted by Crippen LogP contribution is 2.15. The summed E-state index contributed by atoms with van der Waals surface area (Å²) in [4.78, 5) is 16.5. The third-order valence-electron chi connectivity index (χ3n) is 4.52. The van der Waals surface area contributed by atoms with Crippen LogP contribution in [0.3, 0.4) is 0 Å². The third kappa shape index (κ3) is 3.37. The van der Waals surface area contributed by atoms with Gasteiger partial charge in [0.25, 0.3) is 0 Å². The predicted molar refractivity (Wildman–Crippen MR) is 99.0 cm³/mol. The Morgan fingerprint density at radius 1 is 1.15 bits per heavy atom. The van der Waals surface area contributed by atoms with Crippen molar-refractivity contribution in [3.05, 3.63) is 48.0 Å². The number of aromatic nitrogens is 4. The lowest BCUT2D eigenvalue weighted by atomic mass is 10.1. The molecule has 1 amide bonds. The van der Waals surface area contributed by atoms with Crippen molar-refractivity contribution in [2.24, 2.45) is 0 Å². The van der Waals surface area contributed by atoms with Gasteiger partial charge in [-0.05, 0) is 29.8 Å². The van der Waals surface area contributed by atoms with Gasteiger partial charge in [0.15, 0.2) is 5.65 Å². The first kappa shape index (κ1) is 16.8. The van der Waals surface area contributed by atoms with Crippen molar-refractivity contribution < 1.29 is 9.18 Å². The third-order valence-corrected chi connectivity index (χ3v) is 4.96. The Hall–Kier alpha value is -2.60. The second-order valence-electron chi connectivity index (χ2n) is 6.23. The number of hydrogen-bond donors (Lipinski definition) is 0. The SMILES string of the molecule is O=C(Cc1ccc(F)c(P)c1)N1CCN(c2ccc3nncn3n2)CC1. The number of rotatable bonds is 3. The molecule has 0 radical (unpaired) electrons. The number of hydrogen-bond acceptors (Lipinski definition) is 5. The van der Waals surface area contributed by atoms with Crippen LogP contribution in [-0.2, 0) is 11.2 Å². The van der Waals surface area contributed by atoms with E-state index in [1.165, 1.54) is 6.07 Å². The molecule has 0 spiro atoms. The molecular formula is C17H18FN6OP. The Balaban J connectivity index is 1.37. The fraction of sp³-hybridized carbons (Fsp3) is 0.294. The molecule has 1 aliphatic rings. The molecule has 0 saturated carbocycles. The van der Waals surface area contributed by atoms with E-state index in [-0.39, 0.29) is 18.1 Å². The van der Waals surface area contributed by atoms with E-state index >= 15 is 0 Å². The van der Waals surface area contributed by atoms with Crippen LogP contribution < -0.4 is 10.2 Å². The molecule has 2 aromatic heterocycles. The highest BCUT2D eigenvalue weighted by atomic mass is 31.0. The summed E-state index contributed by atoms with van der Waals surface area (Å²) in [6.45, 7) is 2.70. The average Bonchev–Trinajstić information content (AvgIpc) is 3.12. The largest absolute Gasteiger partial charge is 0.352 e. The molecule has 134 valence electrons. The van der Waals surface area contributed by atoms with Crippen LogP contribution >= 0.6 is 9.24 Å². The number of fused-ring (bicyclic) bond motifs is 1. The number of nitrogens with zero attached hydrogens (tertiary/aromatic N) is 6. The fourth-order valence-electron chi connectivity index (χ4n) is 3.06. The minimum Gasteiger partial charge on any atom is -0.352 e. The van der Waals surface area contributed by atoms with Gasteiger partial charge < -0.3 is 9.80 Å². The van der Waals surface area contributed by atoms with Crippen LogP contribution in [0.2, 0.25) is 0 Å². The second kappa shape index (κ2) is 6.96. The van der Waals surface area contributed by atoms with E-state index in [4.69, 9.17) is 0 Å². The summed E-state index contributed by atoms with van der Waals surface area (Å²) < 4.78 is 15.0. The molecule has 26 heavy (non-hydrogen) atoms. The lowest BCUT2D eigenvalue weighted by molar-refractivity contribution is -0.130. The molecule has 3 heterocycles. The lowest BCUT2D eigenvalue weighted by Crippen LogP contribution is -2.49. The van der Waals surface area contributed by atoms with Crippen LogP contribution in [0, 0.1) is 5.82 Å². The minimum atomic E-state index is -0.280. The topological polar surface area (TPSA) is 66.6 Å². The van der Waals surface area contributed by atoms with Crippen molar-refractivity contribution in [3.63, 3.8) is 0 Å². The zero-order valence-electron chi connectivity index (χ0n) is 14.0. The van der Waals surface area contributed by atoms with Gasteiger partial charge in [0, 0.05) is 31.5 Å². The Bertz CT molecular complexity index is 953. The molecule has 1 unspecified atom stereocenters. The van der Waals surface area contributed by atoms with E-state index in [0.717, 1.165) is 11.4 Å². The van der Waals surface area contributed by atoms with Crippen molar-refractivity contribution in [1.82, 2.24) is 24.7 Å². The first-order valence-electron chi connectivity index (χ1n) is 8.34. The smallest absolute Gasteiger partial charge is 0.227 e. The first-order chi connectivity index (χ1) is 12.6. The second-order valence-corrected chi connectivity index (χ2v) is 6.85. The van der Waals surface area contributed by atoms with Gasteiger partial charge in [0.2, 0.25) is 5.91 Å². The van der Waals surface area contributed by atoms with E-state index in [1.807, 2.05) is 17.0 Å². The van der Waals surface area contributed by atoms with Crippen molar-refractivity contribution >= 4 is 31.9 Å². The van der Waals surface area contributed by atoms with Gasteiger partial charge in [0.05, 0.1) is 6.42 Å². The molecule has 0 N–H and O–H groups in total. The van der Waals surface area contributed by atoms with Crippen LogP contribution in [-0.4, -0.2) is 56.8 Å². The predicted octanol–water partition coefficient (Wildman–Crippen LogP) is 0.655. The van der Waals surface area contributed by atoms with Crippen molar-refractivity contribution in [2.75, 3.05) is 31.1 Å². The molecular weight excluding hydrogens is 354 g/mol. The molecule has 0 aliphatic carbocycles. The van der Waals surface area contributed by atoms with Crippen molar-refractivity contribution in [2.45, 2.75) is 6.42 Å². The number of carbonyl (C=O) groups excluding carboxylic acids is 1. The zero-order chi connectivity index (χ0) is 18.1. The van der Waals surface area contributed by atoms with Gasteiger partial charge in [-0.1, -0.05) is 6.07 Å². The summed E-state index contributed by atoms with van der Waals surface area (Å²) in [5, 5.41) is 12.7. The summed E-state index contributed by atoms with van der Waals surface area (Å²) >= 11 is 0. The summed E-state index contributed by atoms with van der Waals surface area (Å²) in [5.74, 6) is 0.621. The molecule has 1 aromatic carbocycles. The average molecular weight is 372 g/mol. The lowest BCUT2D eigenvalue weighted by Gasteiger charge is -2.35. The van der Waals surface area contributed by atoms with Gasteiger partial charge in [-0.15, -0.1) is 24.5 Å². The van der Waals surface area contributed by atoms with Gasteiger partial charge in [-0.2, -0.15) is 4.52 Å². The number of amides is 1. The van der Waals surface area contributed by atoms with E-state index < -0.39 is 0 Å². The number of carbonyl (C=O) groups is 1. The highest BCUT2D eigenvalue weighted by Gasteiger charge is 2.22. The number of halogens is 1. The molecule has 4 rings (SSSR count). The molecule has 1 aliphatic heterocycles. The number of anilines is 1. The van der Waals surface area contributed by atoms with Gasteiger partial charge in [-0.25, -0.2) is 4.39 Å². The molecule has 3 aromatic rings. The van der Waals surface area contributed by atoms with Gasteiger partial charge >= 0.3 is 0 Å². The van der Waals surface area contributed by atoms with Crippen LogP contribution in [0.15, 0.2) is 36.7 Å². The van der Waals surface area contributed by atoms with Crippen molar-refractivity contribution in [3.8, 4) is 0 Å². The van der Waals surface area contributed by atoms with Gasteiger partial charge in [-0.3, -0.25) is 4.79 Å². The number of piperazine rings is 1. The Morgan fingerprint density at radius 2 is 1.96 bits per heavy atom. The Labute approximate surface area is 152 Å². The van der Waals surface area contributed by atoms with Crippen molar-refractivity contribution in [1.29, 1.82) is 0 Å². The minimum absolute atomic E-state index is 0.0582. The summed E-state index contributed by atoms with van der Waals surface area (Å²) in [5.41, 5.74) is 1.53. The zero-order valence-corrected chi connectivity index (χ0v) is 15.2. The van der Waals surface area contributed by atoms with E-state index in [0.29, 0.717) is 37.1 Å². The summed E-state index contributed by atoms with van der Waals surface area (Å²) in [6, 6.07) is 8.56. The molecule has 7 nitrogen and oxygen atoms in total. The molecule has 1 saturated heterocycles. The Morgan fingerprint density at radius 3 is 2.73 bits per heavy atom. The normalized spacial score (nSPS) is 14.8. The number of benzene rings is 1. The van der Waals surface area contributed by atoms with E-state index in [1.54, 1.807) is 23.0 Å². The van der Waals surface area contributed by atoms with Crippen LogP contribution in [0.25, 0.3) is 5.65 Å². The van der Waals surface area contributed by atoms with Crippen LogP contribution in [0.4, 0.5) is 10.2 Å². The van der Waals surface area contributed by atoms with E-state index in [2.05, 4.69) is 29.4 Å². The fourth-order valence-corrected chi connectivity index (χ4v) is 3.37. The first-order valence-corrected chi connectivity index (χ1v) is 8.91. The summed E-state index contributed by atoms with van der Waals surface area (Å²) in [7, 11) is 2.35. The highest BCUT2D eigenvalue weighted by molar-refractivity contribution is 7.27.